The van der Waals surface area contributed by atoms with Gasteiger partial charge in [0.25, 0.3) is 0 Å². The molecule has 0 bridgehead atoms. The molecule has 2 aromatic carbocycles. The van der Waals surface area contributed by atoms with Crippen molar-refractivity contribution in [2.45, 2.75) is 19.9 Å². The molecule has 0 radical (unpaired) electrons. The summed E-state index contributed by atoms with van der Waals surface area (Å²) >= 11 is 0. The van der Waals surface area contributed by atoms with E-state index in [4.69, 9.17) is 9.84 Å². The molecule has 1 atom stereocenters. The van der Waals surface area contributed by atoms with E-state index in [1.165, 1.54) is 17.2 Å². The van der Waals surface area contributed by atoms with Gasteiger partial charge in [-0.1, -0.05) is 24.3 Å². The maximum atomic E-state index is 11.1. The lowest BCUT2D eigenvalue weighted by atomic mass is 10.0. The lowest BCUT2D eigenvalue weighted by Gasteiger charge is -2.20. The van der Waals surface area contributed by atoms with Crippen molar-refractivity contribution < 1.29 is 14.6 Å². The van der Waals surface area contributed by atoms with Gasteiger partial charge in [-0.05, 0) is 43.2 Å². The molecular weight excluding hydrogens is 266 g/mol. The summed E-state index contributed by atoms with van der Waals surface area (Å²) in [5.41, 5.74) is 3.26. The molecule has 0 saturated heterocycles. The SMILES string of the molecule is COc1ccc(C(=O)O)cc1NC(C)c1ccccc1C. The molecule has 0 aromatic heterocycles. The molecule has 0 heterocycles. The minimum atomic E-state index is -0.954. The number of carboxylic acid groups (broad SMARTS) is 1. The van der Waals surface area contributed by atoms with Crippen LogP contribution < -0.4 is 10.1 Å². The number of carbonyl (C=O) groups is 1. The number of hydrogen-bond acceptors (Lipinski definition) is 3. The fourth-order valence-corrected chi connectivity index (χ4v) is 2.34. The number of carboxylic acids is 1. The van der Waals surface area contributed by atoms with Crippen molar-refractivity contribution in [2.75, 3.05) is 12.4 Å². The van der Waals surface area contributed by atoms with Crippen LogP contribution in [-0.4, -0.2) is 18.2 Å². The van der Waals surface area contributed by atoms with Gasteiger partial charge in [0.1, 0.15) is 5.75 Å². The van der Waals surface area contributed by atoms with E-state index < -0.39 is 5.97 Å². The summed E-state index contributed by atoms with van der Waals surface area (Å²) in [5.74, 6) is -0.329. The van der Waals surface area contributed by atoms with Gasteiger partial charge in [-0.2, -0.15) is 0 Å². The van der Waals surface area contributed by atoms with E-state index in [-0.39, 0.29) is 11.6 Å². The summed E-state index contributed by atoms with van der Waals surface area (Å²) < 4.78 is 5.29. The first-order valence-corrected chi connectivity index (χ1v) is 6.76. The Kier molecular flexibility index (Phi) is 4.48. The number of benzene rings is 2. The number of aromatic carboxylic acids is 1. The summed E-state index contributed by atoms with van der Waals surface area (Å²) in [6.45, 7) is 4.09. The molecule has 4 heteroatoms. The molecular formula is C17H19NO3. The average molecular weight is 285 g/mol. The second-order valence-corrected chi connectivity index (χ2v) is 4.94. The average Bonchev–Trinajstić information content (AvgIpc) is 2.47. The molecule has 0 saturated carbocycles. The standard InChI is InChI=1S/C17H19NO3/c1-11-6-4-5-7-14(11)12(2)18-15-10-13(17(19)20)8-9-16(15)21-3/h4-10,12,18H,1-3H3,(H,19,20). The molecule has 4 nitrogen and oxygen atoms in total. The van der Waals surface area contributed by atoms with E-state index in [0.717, 1.165) is 0 Å². The lowest BCUT2D eigenvalue weighted by molar-refractivity contribution is 0.0697. The molecule has 0 spiro atoms. The molecule has 0 fully saturated rings. The molecule has 2 rings (SSSR count). The van der Waals surface area contributed by atoms with E-state index in [0.29, 0.717) is 11.4 Å². The van der Waals surface area contributed by atoms with Gasteiger partial charge in [0.2, 0.25) is 0 Å². The number of rotatable bonds is 5. The number of anilines is 1. The normalized spacial score (nSPS) is 11.8. The van der Waals surface area contributed by atoms with Crippen LogP contribution in [0.1, 0.15) is 34.5 Å². The Morgan fingerprint density at radius 2 is 1.95 bits per heavy atom. The summed E-state index contributed by atoms with van der Waals surface area (Å²) in [6.07, 6.45) is 0. The molecule has 21 heavy (non-hydrogen) atoms. The quantitative estimate of drug-likeness (QED) is 0.875. The number of nitrogens with one attached hydrogen (secondary N) is 1. The Morgan fingerprint density at radius 3 is 2.57 bits per heavy atom. The van der Waals surface area contributed by atoms with Crippen LogP contribution in [0.4, 0.5) is 5.69 Å². The molecule has 0 aliphatic carbocycles. The minimum absolute atomic E-state index is 0.0455. The first-order valence-electron chi connectivity index (χ1n) is 6.76. The van der Waals surface area contributed by atoms with Gasteiger partial charge in [-0.15, -0.1) is 0 Å². The summed E-state index contributed by atoms with van der Waals surface area (Å²) in [6, 6.07) is 12.9. The summed E-state index contributed by atoms with van der Waals surface area (Å²) in [7, 11) is 1.57. The Labute approximate surface area is 124 Å². The monoisotopic (exact) mass is 285 g/mol. The Morgan fingerprint density at radius 1 is 1.24 bits per heavy atom. The van der Waals surface area contributed by atoms with Crippen LogP contribution in [0.2, 0.25) is 0 Å². The number of ether oxygens (including phenoxy) is 1. The summed E-state index contributed by atoms with van der Waals surface area (Å²) in [4.78, 5) is 11.1. The maximum Gasteiger partial charge on any atom is 0.335 e. The molecule has 2 aromatic rings. The molecule has 0 aliphatic rings. The third-order valence-corrected chi connectivity index (χ3v) is 3.47. The van der Waals surface area contributed by atoms with Gasteiger partial charge in [0.15, 0.2) is 0 Å². The van der Waals surface area contributed by atoms with Crippen molar-refractivity contribution in [1.29, 1.82) is 0 Å². The Hall–Kier alpha value is -2.49. The lowest BCUT2D eigenvalue weighted by Crippen LogP contribution is -2.10. The largest absolute Gasteiger partial charge is 0.495 e. The summed E-state index contributed by atoms with van der Waals surface area (Å²) in [5, 5.41) is 12.4. The predicted molar refractivity (Wildman–Crippen MR) is 83.2 cm³/mol. The molecule has 0 aliphatic heterocycles. The Balaban J connectivity index is 2.31. The van der Waals surface area contributed by atoms with Crippen LogP contribution in [0.5, 0.6) is 5.75 Å². The van der Waals surface area contributed by atoms with Crippen molar-refractivity contribution in [3.63, 3.8) is 0 Å². The molecule has 2 N–H and O–H groups in total. The van der Waals surface area contributed by atoms with Crippen LogP contribution >= 0.6 is 0 Å². The topological polar surface area (TPSA) is 58.6 Å². The van der Waals surface area contributed by atoms with Crippen LogP contribution in [-0.2, 0) is 0 Å². The van der Waals surface area contributed by atoms with E-state index in [2.05, 4.69) is 24.4 Å². The zero-order valence-electron chi connectivity index (χ0n) is 12.4. The van der Waals surface area contributed by atoms with Crippen LogP contribution in [0.15, 0.2) is 42.5 Å². The predicted octanol–water partition coefficient (Wildman–Crippen LogP) is 3.87. The van der Waals surface area contributed by atoms with E-state index in [1.807, 2.05) is 19.1 Å². The van der Waals surface area contributed by atoms with Crippen LogP contribution in [0.25, 0.3) is 0 Å². The van der Waals surface area contributed by atoms with E-state index >= 15 is 0 Å². The van der Waals surface area contributed by atoms with E-state index in [1.54, 1.807) is 19.2 Å². The first kappa shape index (κ1) is 14.9. The number of methoxy groups -OCH3 is 1. The second-order valence-electron chi connectivity index (χ2n) is 4.94. The fraction of sp³-hybridized carbons (Fsp3) is 0.235. The van der Waals surface area contributed by atoms with E-state index in [9.17, 15) is 4.79 Å². The van der Waals surface area contributed by atoms with Gasteiger partial charge in [-0.25, -0.2) is 4.79 Å². The van der Waals surface area contributed by atoms with Gasteiger partial charge < -0.3 is 15.2 Å². The minimum Gasteiger partial charge on any atom is -0.495 e. The van der Waals surface area contributed by atoms with Crippen molar-refractivity contribution in [3.05, 3.63) is 59.2 Å². The maximum absolute atomic E-state index is 11.1. The Bertz CT molecular complexity index is 652. The number of aryl methyl sites for hydroxylation is 1. The third kappa shape index (κ3) is 3.34. The third-order valence-electron chi connectivity index (χ3n) is 3.47. The zero-order valence-corrected chi connectivity index (χ0v) is 12.4. The zero-order chi connectivity index (χ0) is 15.4. The fourth-order valence-electron chi connectivity index (χ4n) is 2.34. The highest BCUT2D eigenvalue weighted by Crippen LogP contribution is 2.30. The highest BCUT2D eigenvalue weighted by Gasteiger charge is 2.13. The highest BCUT2D eigenvalue weighted by atomic mass is 16.5. The first-order chi connectivity index (χ1) is 10.0. The van der Waals surface area contributed by atoms with Gasteiger partial charge in [0, 0.05) is 6.04 Å². The van der Waals surface area contributed by atoms with Gasteiger partial charge in [0.05, 0.1) is 18.4 Å². The van der Waals surface area contributed by atoms with Gasteiger partial charge >= 0.3 is 5.97 Å². The smallest absolute Gasteiger partial charge is 0.335 e. The van der Waals surface area contributed by atoms with Crippen molar-refractivity contribution in [1.82, 2.24) is 0 Å². The van der Waals surface area contributed by atoms with Gasteiger partial charge in [-0.3, -0.25) is 0 Å². The van der Waals surface area contributed by atoms with Crippen molar-refractivity contribution >= 4 is 11.7 Å². The molecule has 110 valence electrons. The second kappa shape index (κ2) is 6.31. The van der Waals surface area contributed by atoms with Crippen LogP contribution in [0.3, 0.4) is 0 Å². The van der Waals surface area contributed by atoms with Crippen LogP contribution in [0, 0.1) is 6.92 Å². The van der Waals surface area contributed by atoms with Crippen molar-refractivity contribution in [2.24, 2.45) is 0 Å². The van der Waals surface area contributed by atoms with Crippen molar-refractivity contribution in [3.8, 4) is 5.75 Å². The molecule has 0 amide bonds. The number of hydrogen-bond donors (Lipinski definition) is 2. The molecule has 1 unspecified atom stereocenters. The highest BCUT2D eigenvalue weighted by molar-refractivity contribution is 5.89.